The standard InChI is InChI=1S/C22H26N2O/c1-17-6-8-18(9-7-17)15-24-20-10-12-22(16-23,13-11-20)19-4-3-5-21(14-19)25-2/h3-9,14,20,24H,10-13,15H2,1-2H3. The van der Waals surface area contributed by atoms with Crippen molar-refractivity contribution in [2.45, 2.75) is 50.6 Å². The molecule has 1 aliphatic carbocycles. The molecule has 0 aliphatic heterocycles. The first-order valence-corrected chi connectivity index (χ1v) is 9.00. The number of ether oxygens (including phenoxy) is 1. The Balaban J connectivity index is 1.61. The normalized spacial score (nSPS) is 23.0. The van der Waals surface area contributed by atoms with Gasteiger partial charge in [-0.05, 0) is 55.9 Å². The second kappa shape index (κ2) is 7.72. The monoisotopic (exact) mass is 334 g/mol. The Morgan fingerprint density at radius 3 is 2.52 bits per heavy atom. The van der Waals surface area contributed by atoms with Crippen LogP contribution in [-0.4, -0.2) is 13.2 Å². The van der Waals surface area contributed by atoms with Crippen LogP contribution in [0.3, 0.4) is 0 Å². The van der Waals surface area contributed by atoms with E-state index in [0.717, 1.165) is 43.5 Å². The molecule has 3 rings (SSSR count). The molecule has 2 aromatic carbocycles. The van der Waals surface area contributed by atoms with Gasteiger partial charge in [-0.3, -0.25) is 0 Å². The number of hydrogen-bond donors (Lipinski definition) is 1. The summed E-state index contributed by atoms with van der Waals surface area (Å²) in [7, 11) is 1.67. The van der Waals surface area contributed by atoms with Gasteiger partial charge in [-0.15, -0.1) is 0 Å². The fraction of sp³-hybridized carbons (Fsp3) is 0.409. The van der Waals surface area contributed by atoms with Crippen molar-refractivity contribution < 1.29 is 4.74 Å². The van der Waals surface area contributed by atoms with Crippen LogP contribution in [0.4, 0.5) is 0 Å². The lowest BCUT2D eigenvalue weighted by Crippen LogP contribution is -2.38. The summed E-state index contributed by atoms with van der Waals surface area (Å²) in [5.74, 6) is 0.826. The molecule has 0 heterocycles. The van der Waals surface area contributed by atoms with E-state index in [-0.39, 0.29) is 5.41 Å². The molecule has 1 fully saturated rings. The molecule has 1 aliphatic rings. The smallest absolute Gasteiger partial charge is 0.119 e. The quantitative estimate of drug-likeness (QED) is 0.876. The van der Waals surface area contributed by atoms with Gasteiger partial charge in [-0.25, -0.2) is 0 Å². The van der Waals surface area contributed by atoms with E-state index in [4.69, 9.17) is 4.74 Å². The van der Waals surface area contributed by atoms with Crippen molar-refractivity contribution in [3.8, 4) is 11.8 Å². The highest BCUT2D eigenvalue weighted by Gasteiger charge is 2.37. The van der Waals surface area contributed by atoms with Crippen LogP contribution in [0, 0.1) is 18.3 Å². The number of rotatable bonds is 5. The van der Waals surface area contributed by atoms with Gasteiger partial charge in [-0.2, -0.15) is 5.26 Å². The number of benzene rings is 2. The molecular formula is C22H26N2O. The van der Waals surface area contributed by atoms with Gasteiger partial charge in [0, 0.05) is 12.6 Å². The van der Waals surface area contributed by atoms with Gasteiger partial charge >= 0.3 is 0 Å². The van der Waals surface area contributed by atoms with Crippen molar-refractivity contribution in [3.05, 3.63) is 65.2 Å². The van der Waals surface area contributed by atoms with Crippen molar-refractivity contribution in [2.75, 3.05) is 7.11 Å². The van der Waals surface area contributed by atoms with Crippen molar-refractivity contribution in [2.24, 2.45) is 0 Å². The van der Waals surface area contributed by atoms with E-state index in [1.807, 2.05) is 18.2 Å². The molecule has 3 nitrogen and oxygen atoms in total. The van der Waals surface area contributed by atoms with Gasteiger partial charge in [0.1, 0.15) is 5.75 Å². The maximum Gasteiger partial charge on any atom is 0.119 e. The van der Waals surface area contributed by atoms with E-state index in [9.17, 15) is 5.26 Å². The topological polar surface area (TPSA) is 45.0 Å². The van der Waals surface area contributed by atoms with Gasteiger partial charge in [0.15, 0.2) is 0 Å². The molecule has 0 atom stereocenters. The lowest BCUT2D eigenvalue weighted by molar-refractivity contribution is 0.294. The first-order valence-electron chi connectivity index (χ1n) is 9.00. The van der Waals surface area contributed by atoms with Crippen LogP contribution in [0.1, 0.15) is 42.4 Å². The minimum Gasteiger partial charge on any atom is -0.497 e. The fourth-order valence-corrected chi connectivity index (χ4v) is 3.67. The summed E-state index contributed by atoms with van der Waals surface area (Å²) >= 11 is 0. The number of nitriles is 1. The van der Waals surface area contributed by atoms with E-state index in [2.05, 4.69) is 48.6 Å². The third-order valence-corrected chi connectivity index (χ3v) is 5.39. The minimum atomic E-state index is -0.378. The Labute approximate surface area is 150 Å². The highest BCUT2D eigenvalue weighted by molar-refractivity contribution is 5.38. The molecule has 0 unspecified atom stereocenters. The van der Waals surface area contributed by atoms with E-state index in [1.165, 1.54) is 11.1 Å². The van der Waals surface area contributed by atoms with Crippen molar-refractivity contribution in [1.82, 2.24) is 5.32 Å². The summed E-state index contributed by atoms with van der Waals surface area (Å²) in [6, 6.07) is 19.7. The molecule has 0 aromatic heterocycles. The van der Waals surface area contributed by atoms with Crippen molar-refractivity contribution in [3.63, 3.8) is 0 Å². The predicted molar refractivity (Wildman–Crippen MR) is 101 cm³/mol. The van der Waals surface area contributed by atoms with Crippen LogP contribution >= 0.6 is 0 Å². The van der Waals surface area contributed by atoms with E-state index in [1.54, 1.807) is 7.11 Å². The minimum absolute atomic E-state index is 0.378. The lowest BCUT2D eigenvalue weighted by Gasteiger charge is -2.36. The van der Waals surface area contributed by atoms with Crippen LogP contribution < -0.4 is 10.1 Å². The highest BCUT2D eigenvalue weighted by Crippen LogP contribution is 2.40. The molecule has 2 aromatic rings. The van der Waals surface area contributed by atoms with Gasteiger partial charge < -0.3 is 10.1 Å². The van der Waals surface area contributed by atoms with E-state index in [0.29, 0.717) is 6.04 Å². The van der Waals surface area contributed by atoms with Crippen LogP contribution in [0.2, 0.25) is 0 Å². The predicted octanol–water partition coefficient (Wildman–Crippen LogP) is 4.50. The Hall–Kier alpha value is -2.31. The Kier molecular flexibility index (Phi) is 5.40. The van der Waals surface area contributed by atoms with Gasteiger partial charge in [0.05, 0.1) is 18.6 Å². The maximum absolute atomic E-state index is 9.87. The summed E-state index contributed by atoms with van der Waals surface area (Å²) in [5.41, 5.74) is 3.32. The first kappa shape index (κ1) is 17.5. The van der Waals surface area contributed by atoms with Crippen LogP contribution in [0.15, 0.2) is 48.5 Å². The number of nitrogens with one attached hydrogen (secondary N) is 1. The molecule has 130 valence electrons. The number of aryl methyl sites for hydroxylation is 1. The second-order valence-corrected chi connectivity index (χ2v) is 7.07. The summed E-state index contributed by atoms with van der Waals surface area (Å²) in [6.07, 6.45) is 3.83. The van der Waals surface area contributed by atoms with Crippen LogP contribution in [0.25, 0.3) is 0 Å². The van der Waals surface area contributed by atoms with Crippen LogP contribution in [-0.2, 0) is 12.0 Å². The molecule has 0 radical (unpaired) electrons. The molecular weight excluding hydrogens is 308 g/mol. The Morgan fingerprint density at radius 1 is 1.16 bits per heavy atom. The Morgan fingerprint density at radius 2 is 1.88 bits per heavy atom. The molecule has 1 saturated carbocycles. The number of nitrogens with zero attached hydrogens (tertiary/aromatic N) is 1. The number of hydrogen-bond acceptors (Lipinski definition) is 3. The second-order valence-electron chi connectivity index (χ2n) is 7.07. The molecule has 0 amide bonds. The third kappa shape index (κ3) is 4.03. The number of methoxy groups -OCH3 is 1. The molecule has 1 N–H and O–H groups in total. The fourth-order valence-electron chi connectivity index (χ4n) is 3.67. The average molecular weight is 334 g/mol. The van der Waals surface area contributed by atoms with E-state index < -0.39 is 0 Å². The molecule has 0 spiro atoms. The molecule has 25 heavy (non-hydrogen) atoms. The van der Waals surface area contributed by atoms with Gasteiger partial charge in [0.2, 0.25) is 0 Å². The molecule has 0 saturated heterocycles. The van der Waals surface area contributed by atoms with E-state index >= 15 is 0 Å². The summed E-state index contributed by atoms with van der Waals surface area (Å²) in [6.45, 7) is 3.00. The first-order chi connectivity index (χ1) is 12.1. The zero-order valence-corrected chi connectivity index (χ0v) is 15.1. The lowest BCUT2D eigenvalue weighted by atomic mass is 9.69. The zero-order chi connectivity index (χ0) is 17.7. The molecule has 0 bridgehead atoms. The summed E-state index contributed by atoms with van der Waals surface area (Å²) in [4.78, 5) is 0. The largest absolute Gasteiger partial charge is 0.497 e. The van der Waals surface area contributed by atoms with Crippen molar-refractivity contribution >= 4 is 0 Å². The van der Waals surface area contributed by atoms with Crippen LogP contribution in [0.5, 0.6) is 5.75 Å². The molecule has 3 heteroatoms. The Bertz CT molecular complexity index is 737. The SMILES string of the molecule is COc1cccc(C2(C#N)CCC(NCc3ccc(C)cc3)CC2)c1. The van der Waals surface area contributed by atoms with Crippen molar-refractivity contribution in [1.29, 1.82) is 5.26 Å². The highest BCUT2D eigenvalue weighted by atomic mass is 16.5. The summed E-state index contributed by atoms with van der Waals surface area (Å²) in [5, 5.41) is 13.5. The van der Waals surface area contributed by atoms with Gasteiger partial charge in [-0.1, -0.05) is 42.0 Å². The third-order valence-electron chi connectivity index (χ3n) is 5.39. The van der Waals surface area contributed by atoms with Gasteiger partial charge in [0.25, 0.3) is 0 Å². The average Bonchev–Trinajstić information content (AvgIpc) is 2.68. The maximum atomic E-state index is 9.87. The zero-order valence-electron chi connectivity index (χ0n) is 15.1. The summed E-state index contributed by atoms with van der Waals surface area (Å²) < 4.78 is 5.33.